The molecule has 0 aliphatic carbocycles. The average Bonchev–Trinajstić information content (AvgIpc) is 2.87. The zero-order valence-electron chi connectivity index (χ0n) is 20.2. The fourth-order valence-electron chi connectivity index (χ4n) is 4.16. The minimum absolute atomic E-state index is 0.0898. The van der Waals surface area contributed by atoms with Crippen LogP contribution in [-0.4, -0.2) is 64.4 Å². The number of hydrogen-bond donors (Lipinski definition) is 0. The lowest BCUT2D eigenvalue weighted by Gasteiger charge is -2.35. The highest BCUT2D eigenvalue weighted by atomic mass is 32.2. The molecule has 10 heteroatoms. The van der Waals surface area contributed by atoms with Gasteiger partial charge < -0.3 is 4.90 Å². The Morgan fingerprint density at radius 1 is 0.806 bits per heavy atom. The molecule has 0 saturated carbocycles. The van der Waals surface area contributed by atoms with E-state index in [1.54, 1.807) is 53.4 Å². The Hall–Kier alpha value is -3.21. The second-order valence-electron chi connectivity index (χ2n) is 8.78. The molecule has 8 nitrogen and oxygen atoms in total. The maximum atomic E-state index is 13.5. The number of sulfonamides is 2. The number of rotatable bonds is 7. The van der Waals surface area contributed by atoms with E-state index in [1.807, 2.05) is 37.3 Å². The predicted molar refractivity (Wildman–Crippen MR) is 140 cm³/mol. The van der Waals surface area contributed by atoms with Crippen LogP contribution in [-0.2, 0) is 26.6 Å². The van der Waals surface area contributed by atoms with E-state index in [0.29, 0.717) is 5.69 Å². The second-order valence-corrected chi connectivity index (χ2v) is 12.6. The molecule has 0 bridgehead atoms. The Morgan fingerprint density at radius 3 is 2.00 bits per heavy atom. The number of aryl methyl sites for hydroxylation is 1. The largest absolute Gasteiger partial charge is 0.336 e. The molecule has 0 atom stereocenters. The SMILES string of the molecule is Cc1ccc(S(=O)(=O)N2CCN(C(=O)c3ccccc3N(Cc3ccccc3)S(C)(=O)=O)CC2)cc1. The number of piperazine rings is 1. The molecule has 0 radical (unpaired) electrons. The summed E-state index contributed by atoms with van der Waals surface area (Å²) in [5, 5.41) is 0. The van der Waals surface area contributed by atoms with Gasteiger partial charge in [0.15, 0.2) is 0 Å². The van der Waals surface area contributed by atoms with Gasteiger partial charge >= 0.3 is 0 Å². The monoisotopic (exact) mass is 527 g/mol. The van der Waals surface area contributed by atoms with Crippen molar-refractivity contribution < 1.29 is 21.6 Å². The van der Waals surface area contributed by atoms with Crippen molar-refractivity contribution in [2.24, 2.45) is 0 Å². The van der Waals surface area contributed by atoms with Crippen molar-refractivity contribution in [1.82, 2.24) is 9.21 Å². The zero-order chi connectivity index (χ0) is 25.9. The van der Waals surface area contributed by atoms with E-state index in [-0.39, 0.29) is 49.1 Å². The molecule has 0 spiro atoms. The lowest BCUT2D eigenvalue weighted by molar-refractivity contribution is 0.0698. The number of carbonyl (C=O) groups is 1. The molecule has 0 N–H and O–H groups in total. The van der Waals surface area contributed by atoms with Gasteiger partial charge in [0.1, 0.15) is 0 Å². The predicted octanol–water partition coefficient (Wildman–Crippen LogP) is 3.11. The molecule has 190 valence electrons. The van der Waals surface area contributed by atoms with Crippen LogP contribution < -0.4 is 4.31 Å². The van der Waals surface area contributed by atoms with E-state index < -0.39 is 20.0 Å². The number of nitrogens with zero attached hydrogens (tertiary/aromatic N) is 3. The van der Waals surface area contributed by atoms with Crippen molar-refractivity contribution in [1.29, 1.82) is 0 Å². The average molecular weight is 528 g/mol. The molecular formula is C26H29N3O5S2. The first-order chi connectivity index (χ1) is 17.1. The van der Waals surface area contributed by atoms with Crippen LogP contribution in [0.2, 0.25) is 0 Å². The van der Waals surface area contributed by atoms with E-state index in [0.717, 1.165) is 17.4 Å². The van der Waals surface area contributed by atoms with Crippen molar-refractivity contribution in [3.63, 3.8) is 0 Å². The van der Waals surface area contributed by atoms with Crippen molar-refractivity contribution in [2.45, 2.75) is 18.4 Å². The first-order valence-electron chi connectivity index (χ1n) is 11.5. The summed E-state index contributed by atoms with van der Waals surface area (Å²) in [6.45, 7) is 2.70. The summed E-state index contributed by atoms with van der Waals surface area (Å²) >= 11 is 0. The van der Waals surface area contributed by atoms with Crippen LogP contribution in [0.3, 0.4) is 0 Å². The van der Waals surface area contributed by atoms with Crippen LogP contribution in [0.4, 0.5) is 5.69 Å². The quantitative estimate of drug-likeness (QED) is 0.471. The first-order valence-corrected chi connectivity index (χ1v) is 14.8. The smallest absolute Gasteiger partial charge is 0.256 e. The standard InChI is InChI=1S/C26H29N3O5S2/c1-21-12-14-23(15-13-21)36(33,34)28-18-16-27(17-19-28)26(30)24-10-6-7-11-25(24)29(35(2,31)32)20-22-8-4-3-5-9-22/h3-15H,16-20H2,1-2H3. The molecule has 1 saturated heterocycles. The number of para-hydroxylation sites is 1. The van der Waals surface area contributed by atoms with Gasteiger partial charge in [0.25, 0.3) is 5.91 Å². The van der Waals surface area contributed by atoms with Crippen molar-refractivity contribution in [2.75, 3.05) is 36.7 Å². The molecule has 1 aliphatic rings. The Bertz CT molecular complexity index is 1430. The highest BCUT2D eigenvalue weighted by Crippen LogP contribution is 2.27. The number of amides is 1. The Morgan fingerprint density at radius 2 is 1.39 bits per heavy atom. The van der Waals surface area contributed by atoms with Crippen molar-refractivity contribution >= 4 is 31.6 Å². The van der Waals surface area contributed by atoms with Gasteiger partial charge in [-0.25, -0.2) is 16.8 Å². The third-order valence-electron chi connectivity index (χ3n) is 6.16. The van der Waals surface area contributed by atoms with E-state index >= 15 is 0 Å². The molecule has 4 rings (SSSR count). The summed E-state index contributed by atoms with van der Waals surface area (Å²) < 4.78 is 54.1. The minimum Gasteiger partial charge on any atom is -0.336 e. The summed E-state index contributed by atoms with van der Waals surface area (Å²) in [6, 6.07) is 22.5. The van der Waals surface area contributed by atoms with Crippen LogP contribution in [0.15, 0.2) is 83.8 Å². The summed E-state index contributed by atoms with van der Waals surface area (Å²) in [6.07, 6.45) is 1.12. The molecule has 3 aromatic carbocycles. The van der Waals surface area contributed by atoms with Gasteiger partial charge in [0.2, 0.25) is 20.0 Å². The van der Waals surface area contributed by atoms with E-state index in [4.69, 9.17) is 0 Å². The van der Waals surface area contributed by atoms with Gasteiger partial charge in [0, 0.05) is 26.2 Å². The van der Waals surface area contributed by atoms with Gasteiger partial charge in [0.05, 0.1) is 28.9 Å². The van der Waals surface area contributed by atoms with Gasteiger partial charge in [-0.1, -0.05) is 60.2 Å². The highest BCUT2D eigenvalue weighted by Gasteiger charge is 2.32. The normalized spacial score (nSPS) is 15.0. The number of carbonyl (C=O) groups excluding carboxylic acids is 1. The molecule has 1 heterocycles. The van der Waals surface area contributed by atoms with Crippen LogP contribution in [0.25, 0.3) is 0 Å². The topological polar surface area (TPSA) is 95.1 Å². The summed E-state index contributed by atoms with van der Waals surface area (Å²) in [7, 11) is -7.35. The van der Waals surface area contributed by atoms with Crippen LogP contribution >= 0.6 is 0 Å². The zero-order valence-corrected chi connectivity index (χ0v) is 21.9. The van der Waals surface area contributed by atoms with Gasteiger partial charge in [-0.05, 0) is 36.8 Å². The molecule has 0 aromatic heterocycles. The molecule has 1 fully saturated rings. The van der Waals surface area contributed by atoms with Gasteiger partial charge in [-0.2, -0.15) is 4.31 Å². The molecular weight excluding hydrogens is 498 g/mol. The summed E-state index contributed by atoms with van der Waals surface area (Å²) in [5.74, 6) is -0.334. The number of anilines is 1. The maximum Gasteiger partial charge on any atom is 0.256 e. The molecule has 3 aromatic rings. The van der Waals surface area contributed by atoms with Crippen LogP contribution in [0.1, 0.15) is 21.5 Å². The first kappa shape index (κ1) is 25.9. The maximum absolute atomic E-state index is 13.5. The Labute approximate surface area is 212 Å². The molecule has 1 amide bonds. The second kappa shape index (κ2) is 10.4. The van der Waals surface area contributed by atoms with Crippen molar-refractivity contribution in [3.8, 4) is 0 Å². The van der Waals surface area contributed by atoms with E-state index in [9.17, 15) is 21.6 Å². The van der Waals surface area contributed by atoms with E-state index in [2.05, 4.69) is 0 Å². The van der Waals surface area contributed by atoms with Crippen LogP contribution in [0.5, 0.6) is 0 Å². The highest BCUT2D eigenvalue weighted by molar-refractivity contribution is 7.92. The number of hydrogen-bond acceptors (Lipinski definition) is 5. The number of benzene rings is 3. The Balaban J connectivity index is 1.54. The lowest BCUT2D eigenvalue weighted by atomic mass is 10.1. The fourth-order valence-corrected chi connectivity index (χ4v) is 6.49. The third kappa shape index (κ3) is 5.61. The fraction of sp³-hybridized carbons (Fsp3) is 0.269. The van der Waals surface area contributed by atoms with Gasteiger partial charge in [-0.15, -0.1) is 0 Å². The van der Waals surface area contributed by atoms with Crippen molar-refractivity contribution in [3.05, 3.63) is 95.6 Å². The van der Waals surface area contributed by atoms with Crippen LogP contribution in [0, 0.1) is 6.92 Å². The third-order valence-corrected chi connectivity index (χ3v) is 9.20. The summed E-state index contributed by atoms with van der Waals surface area (Å²) in [5.41, 5.74) is 2.32. The van der Waals surface area contributed by atoms with E-state index in [1.165, 1.54) is 8.61 Å². The van der Waals surface area contributed by atoms with Gasteiger partial charge in [-0.3, -0.25) is 9.10 Å². The molecule has 36 heavy (non-hydrogen) atoms. The minimum atomic E-state index is -3.69. The summed E-state index contributed by atoms with van der Waals surface area (Å²) in [4.78, 5) is 15.3. The molecule has 1 aliphatic heterocycles. The molecule has 0 unspecified atom stereocenters. The Kier molecular flexibility index (Phi) is 7.49. The lowest BCUT2D eigenvalue weighted by Crippen LogP contribution is -2.50.